The van der Waals surface area contributed by atoms with E-state index in [2.05, 4.69) is 0 Å². The number of ether oxygens (including phenoxy) is 1. The molecular formula is C17H12ClNO5S. The number of imide groups is 1. The van der Waals surface area contributed by atoms with Gasteiger partial charge in [0.05, 0.1) is 20.3 Å². The molecule has 0 saturated heterocycles. The van der Waals surface area contributed by atoms with Gasteiger partial charge in [0.2, 0.25) is 5.78 Å². The third-order valence-electron chi connectivity index (χ3n) is 3.75. The third kappa shape index (κ3) is 3.20. The van der Waals surface area contributed by atoms with Crippen LogP contribution in [-0.4, -0.2) is 41.1 Å². The van der Waals surface area contributed by atoms with Gasteiger partial charge in [0.25, 0.3) is 11.8 Å². The van der Waals surface area contributed by atoms with Crippen molar-refractivity contribution in [1.82, 2.24) is 4.90 Å². The maximum Gasteiger partial charge on any atom is 0.329 e. The smallest absolute Gasteiger partial charge is 0.329 e. The summed E-state index contributed by atoms with van der Waals surface area (Å²) in [6.45, 7) is 0.902. The van der Waals surface area contributed by atoms with Gasteiger partial charge in [-0.2, -0.15) is 0 Å². The van der Waals surface area contributed by atoms with Gasteiger partial charge in [-0.15, -0.1) is 11.3 Å². The summed E-state index contributed by atoms with van der Waals surface area (Å²) in [5.41, 5.74) is 0.493. The van der Waals surface area contributed by atoms with E-state index in [1.165, 1.54) is 25.1 Å². The first-order valence-corrected chi connectivity index (χ1v) is 8.51. The van der Waals surface area contributed by atoms with Crippen molar-refractivity contribution < 1.29 is 23.9 Å². The van der Waals surface area contributed by atoms with Crippen LogP contribution in [0.5, 0.6) is 0 Å². The Hall–Kier alpha value is -2.51. The number of carbonyl (C=O) groups excluding carboxylic acids is 4. The maximum atomic E-state index is 12.3. The molecule has 0 saturated carbocycles. The highest BCUT2D eigenvalue weighted by atomic mass is 35.5. The van der Waals surface area contributed by atoms with Gasteiger partial charge < -0.3 is 4.74 Å². The monoisotopic (exact) mass is 377 g/mol. The lowest BCUT2D eigenvalue weighted by Gasteiger charge is -2.20. The van der Waals surface area contributed by atoms with Crippen LogP contribution >= 0.6 is 22.9 Å². The van der Waals surface area contributed by atoms with Crippen molar-refractivity contribution in [2.75, 3.05) is 6.61 Å². The Bertz CT molecular complexity index is 856. The zero-order chi connectivity index (χ0) is 18.1. The lowest BCUT2D eigenvalue weighted by atomic mass is 10.1. The Morgan fingerprint density at radius 1 is 1.12 bits per heavy atom. The number of hydrogen-bond acceptors (Lipinski definition) is 6. The van der Waals surface area contributed by atoms with Crippen LogP contribution in [0.1, 0.15) is 37.3 Å². The largest absolute Gasteiger partial charge is 0.456 e. The van der Waals surface area contributed by atoms with Gasteiger partial charge in [0.15, 0.2) is 6.61 Å². The first-order chi connectivity index (χ1) is 11.9. The molecule has 0 spiro atoms. The van der Waals surface area contributed by atoms with Gasteiger partial charge in [-0.3, -0.25) is 19.3 Å². The van der Waals surface area contributed by atoms with Crippen molar-refractivity contribution in [2.45, 2.75) is 13.0 Å². The Labute approximate surface area is 152 Å². The fourth-order valence-corrected chi connectivity index (χ4v) is 3.42. The highest BCUT2D eigenvalue weighted by Gasteiger charge is 2.41. The Balaban J connectivity index is 1.66. The quantitative estimate of drug-likeness (QED) is 0.454. The fraction of sp³-hybridized carbons (Fsp3) is 0.176. The molecule has 1 atom stereocenters. The molecule has 8 heteroatoms. The molecule has 6 nitrogen and oxygen atoms in total. The number of hydrogen-bond donors (Lipinski definition) is 0. The van der Waals surface area contributed by atoms with Gasteiger partial charge in [-0.05, 0) is 31.2 Å². The summed E-state index contributed by atoms with van der Waals surface area (Å²) in [5.74, 6) is -2.34. The molecule has 1 aliphatic heterocycles. The van der Waals surface area contributed by atoms with Gasteiger partial charge in [-0.1, -0.05) is 23.7 Å². The van der Waals surface area contributed by atoms with E-state index >= 15 is 0 Å². The lowest BCUT2D eigenvalue weighted by molar-refractivity contribution is -0.146. The highest BCUT2D eigenvalue weighted by molar-refractivity contribution is 7.18. The Morgan fingerprint density at radius 3 is 2.24 bits per heavy atom. The Kier molecular flexibility index (Phi) is 4.69. The molecule has 3 rings (SSSR count). The van der Waals surface area contributed by atoms with E-state index in [9.17, 15) is 19.2 Å². The van der Waals surface area contributed by atoms with Crippen LogP contribution < -0.4 is 0 Å². The van der Waals surface area contributed by atoms with E-state index in [1.807, 2.05) is 0 Å². The molecule has 0 fully saturated rings. The van der Waals surface area contributed by atoms with Gasteiger partial charge in [0, 0.05) is 0 Å². The molecule has 0 aliphatic carbocycles. The molecule has 2 aromatic rings. The number of thiophene rings is 1. The second-order valence-corrected chi connectivity index (χ2v) is 7.05. The van der Waals surface area contributed by atoms with Gasteiger partial charge in [0.1, 0.15) is 6.04 Å². The molecule has 1 aliphatic rings. The van der Waals surface area contributed by atoms with Crippen LogP contribution in [-0.2, 0) is 9.53 Å². The van der Waals surface area contributed by atoms with Gasteiger partial charge in [-0.25, -0.2) is 4.79 Å². The molecule has 0 N–H and O–H groups in total. The predicted octanol–water partition coefficient (Wildman–Crippen LogP) is 2.81. The summed E-state index contributed by atoms with van der Waals surface area (Å²) in [6, 6.07) is 8.31. The summed E-state index contributed by atoms with van der Waals surface area (Å²) in [6.07, 6.45) is 0. The van der Waals surface area contributed by atoms with Crippen molar-refractivity contribution >= 4 is 46.5 Å². The number of rotatable bonds is 5. The van der Waals surface area contributed by atoms with Crippen molar-refractivity contribution in [3.63, 3.8) is 0 Å². The summed E-state index contributed by atoms with van der Waals surface area (Å²) >= 11 is 6.84. The zero-order valence-corrected chi connectivity index (χ0v) is 14.6. The van der Waals surface area contributed by atoms with Crippen molar-refractivity contribution in [1.29, 1.82) is 0 Å². The average molecular weight is 378 g/mol. The number of Topliss-reactive ketones (excluding diaryl/α,β-unsaturated/α-hetero) is 1. The first-order valence-electron chi connectivity index (χ1n) is 7.32. The van der Waals surface area contributed by atoms with Crippen molar-refractivity contribution in [3.8, 4) is 0 Å². The lowest BCUT2D eigenvalue weighted by Crippen LogP contribution is -2.44. The SMILES string of the molecule is C[C@@H](C(=O)OCC(=O)c1ccc(Cl)s1)N1C(=O)c2ccccc2C1=O. The predicted molar refractivity (Wildman–Crippen MR) is 91.0 cm³/mol. The standard InChI is InChI=1S/C17H12ClNO5S/c1-9(17(23)24-8-12(20)13-6-7-14(18)25-13)19-15(21)10-4-2-3-5-11(10)16(19)22/h2-7,9H,8H2,1H3/t9-/m0/s1. The van der Waals surface area contributed by atoms with Crippen LogP contribution in [0.2, 0.25) is 4.34 Å². The van der Waals surface area contributed by atoms with Crippen LogP contribution in [0, 0.1) is 0 Å². The van der Waals surface area contributed by atoms with Gasteiger partial charge >= 0.3 is 5.97 Å². The van der Waals surface area contributed by atoms with Crippen molar-refractivity contribution in [3.05, 3.63) is 56.7 Å². The van der Waals surface area contributed by atoms with Crippen molar-refractivity contribution in [2.24, 2.45) is 0 Å². The summed E-state index contributed by atoms with van der Waals surface area (Å²) in [4.78, 5) is 50.0. The zero-order valence-electron chi connectivity index (χ0n) is 13.0. The first kappa shape index (κ1) is 17.3. The van der Waals surface area contributed by atoms with E-state index in [0.717, 1.165) is 16.2 Å². The molecule has 1 aromatic carbocycles. The molecule has 2 amide bonds. The molecular weight excluding hydrogens is 366 g/mol. The summed E-state index contributed by atoms with van der Waals surface area (Å²) in [5, 5.41) is 0. The number of esters is 1. The molecule has 2 heterocycles. The minimum atomic E-state index is -1.13. The number of amides is 2. The maximum absolute atomic E-state index is 12.3. The molecule has 128 valence electrons. The minimum absolute atomic E-state index is 0.247. The number of ketones is 1. The van der Waals surface area contributed by atoms with E-state index in [1.54, 1.807) is 18.2 Å². The number of benzene rings is 1. The molecule has 0 bridgehead atoms. The molecule has 1 aromatic heterocycles. The van der Waals surface area contributed by atoms with E-state index in [4.69, 9.17) is 16.3 Å². The molecule has 0 radical (unpaired) electrons. The van der Waals surface area contributed by atoms with Crippen LogP contribution in [0.4, 0.5) is 0 Å². The number of halogens is 1. The molecule has 0 unspecified atom stereocenters. The number of nitrogens with zero attached hydrogens (tertiary/aromatic N) is 1. The van der Waals surface area contributed by atoms with E-state index in [-0.39, 0.29) is 11.1 Å². The second-order valence-electron chi connectivity index (χ2n) is 5.34. The fourth-order valence-electron chi connectivity index (χ4n) is 2.46. The average Bonchev–Trinajstić information content (AvgIpc) is 3.15. The number of fused-ring (bicyclic) bond motifs is 1. The third-order valence-corrected chi connectivity index (χ3v) is 5.02. The topological polar surface area (TPSA) is 80.8 Å². The summed E-state index contributed by atoms with van der Waals surface area (Å²) in [7, 11) is 0. The highest BCUT2D eigenvalue weighted by Crippen LogP contribution is 2.25. The second kappa shape index (κ2) is 6.78. The van der Waals surface area contributed by atoms with Crippen LogP contribution in [0.15, 0.2) is 36.4 Å². The number of carbonyl (C=O) groups is 4. The summed E-state index contributed by atoms with van der Waals surface area (Å²) < 4.78 is 5.42. The Morgan fingerprint density at radius 2 is 1.72 bits per heavy atom. The van der Waals surface area contributed by atoms with Crippen LogP contribution in [0.3, 0.4) is 0 Å². The van der Waals surface area contributed by atoms with Crippen LogP contribution in [0.25, 0.3) is 0 Å². The minimum Gasteiger partial charge on any atom is -0.456 e. The normalized spacial score (nSPS) is 14.4. The van der Waals surface area contributed by atoms with E-state index < -0.39 is 36.2 Å². The molecule has 25 heavy (non-hydrogen) atoms. The van der Waals surface area contributed by atoms with E-state index in [0.29, 0.717) is 9.21 Å².